The predicted octanol–water partition coefficient (Wildman–Crippen LogP) is 3.44. The second-order valence-electron chi connectivity index (χ2n) is 8.74. The van der Waals surface area contributed by atoms with E-state index in [2.05, 4.69) is 16.3 Å². The van der Waals surface area contributed by atoms with Gasteiger partial charge in [-0.25, -0.2) is 8.42 Å². The highest BCUT2D eigenvalue weighted by atomic mass is 32.2. The number of carbonyl (C=O) groups is 1. The number of likely N-dealkylation sites (tertiary alicyclic amines) is 1. The Hall–Kier alpha value is -2.42. The molecule has 2 aliphatic heterocycles. The summed E-state index contributed by atoms with van der Waals surface area (Å²) < 4.78 is 33.0. The van der Waals surface area contributed by atoms with Gasteiger partial charge in [-0.2, -0.15) is 4.31 Å². The molecule has 8 heteroatoms. The zero-order valence-corrected chi connectivity index (χ0v) is 20.0. The Balaban J connectivity index is 1.49. The van der Waals surface area contributed by atoms with Gasteiger partial charge >= 0.3 is 0 Å². The third kappa shape index (κ3) is 5.57. The molecule has 1 unspecified atom stereocenters. The zero-order valence-electron chi connectivity index (χ0n) is 19.2. The molecule has 1 atom stereocenters. The molecule has 0 spiro atoms. The van der Waals surface area contributed by atoms with Crippen molar-refractivity contribution in [3.63, 3.8) is 0 Å². The minimum atomic E-state index is -3.58. The van der Waals surface area contributed by atoms with E-state index in [0.29, 0.717) is 25.2 Å². The van der Waals surface area contributed by atoms with E-state index in [1.165, 1.54) is 10.4 Å². The average Bonchev–Trinajstić information content (AvgIpc) is 3.39. The van der Waals surface area contributed by atoms with Crippen molar-refractivity contribution in [3.05, 3.63) is 59.7 Å². The van der Waals surface area contributed by atoms with Crippen molar-refractivity contribution in [2.24, 2.45) is 0 Å². The van der Waals surface area contributed by atoms with Gasteiger partial charge in [-0.3, -0.25) is 9.69 Å². The molecule has 0 radical (unpaired) electrons. The molecule has 2 aromatic carbocycles. The SMILES string of the molecule is COc1cccc(C(CNC(=O)c2cccc(S(=O)(=O)N3CCCCC3)c2)N2CCCC2)c1. The van der Waals surface area contributed by atoms with Gasteiger partial charge in [0.1, 0.15) is 5.75 Å². The summed E-state index contributed by atoms with van der Waals surface area (Å²) >= 11 is 0. The first-order chi connectivity index (χ1) is 16.0. The van der Waals surface area contributed by atoms with Crippen molar-refractivity contribution in [1.29, 1.82) is 0 Å². The molecule has 2 aromatic rings. The van der Waals surface area contributed by atoms with Crippen molar-refractivity contribution in [2.75, 3.05) is 39.8 Å². The molecule has 33 heavy (non-hydrogen) atoms. The molecule has 2 fully saturated rings. The summed E-state index contributed by atoms with van der Waals surface area (Å²) in [5.41, 5.74) is 1.46. The molecule has 178 valence electrons. The van der Waals surface area contributed by atoms with Gasteiger partial charge in [0.25, 0.3) is 5.91 Å². The second-order valence-corrected chi connectivity index (χ2v) is 10.7. The molecule has 2 aliphatic rings. The average molecular weight is 472 g/mol. The molecule has 1 N–H and O–H groups in total. The topological polar surface area (TPSA) is 78.9 Å². The first kappa shape index (κ1) is 23.7. The van der Waals surface area contributed by atoms with Crippen LogP contribution in [0, 0.1) is 0 Å². The van der Waals surface area contributed by atoms with Crippen LogP contribution in [0.4, 0.5) is 0 Å². The molecule has 0 bridgehead atoms. The number of piperidine rings is 1. The van der Waals surface area contributed by atoms with Crippen molar-refractivity contribution in [1.82, 2.24) is 14.5 Å². The highest BCUT2D eigenvalue weighted by Crippen LogP contribution is 2.27. The molecular formula is C25H33N3O4S. The molecule has 2 heterocycles. The molecule has 2 saturated heterocycles. The second kappa shape index (κ2) is 10.7. The van der Waals surface area contributed by atoms with E-state index < -0.39 is 10.0 Å². The smallest absolute Gasteiger partial charge is 0.251 e. The number of hydrogen-bond acceptors (Lipinski definition) is 5. The lowest BCUT2D eigenvalue weighted by Crippen LogP contribution is -2.37. The maximum Gasteiger partial charge on any atom is 0.251 e. The number of sulfonamides is 1. The summed E-state index contributed by atoms with van der Waals surface area (Å²) in [7, 11) is -1.93. The van der Waals surface area contributed by atoms with Crippen LogP contribution < -0.4 is 10.1 Å². The van der Waals surface area contributed by atoms with Crippen LogP contribution in [0.1, 0.15) is 54.1 Å². The number of benzene rings is 2. The number of carbonyl (C=O) groups excluding carboxylic acids is 1. The molecule has 4 rings (SSSR count). The quantitative estimate of drug-likeness (QED) is 0.638. The lowest BCUT2D eigenvalue weighted by Gasteiger charge is -2.28. The maximum atomic E-state index is 13.0. The highest BCUT2D eigenvalue weighted by molar-refractivity contribution is 7.89. The minimum absolute atomic E-state index is 0.0341. The summed E-state index contributed by atoms with van der Waals surface area (Å²) in [6.07, 6.45) is 5.10. The molecule has 1 amide bonds. The van der Waals surface area contributed by atoms with E-state index in [1.54, 1.807) is 25.3 Å². The van der Waals surface area contributed by atoms with Gasteiger partial charge in [-0.05, 0) is 74.7 Å². The number of methoxy groups -OCH3 is 1. The Labute approximate surface area is 196 Å². The van der Waals surface area contributed by atoms with Crippen LogP contribution in [0.15, 0.2) is 53.4 Å². The van der Waals surface area contributed by atoms with Crippen molar-refractivity contribution < 1.29 is 17.9 Å². The van der Waals surface area contributed by atoms with Crippen LogP contribution in [-0.4, -0.2) is 63.4 Å². The molecule has 0 aromatic heterocycles. The minimum Gasteiger partial charge on any atom is -0.497 e. The maximum absolute atomic E-state index is 13.0. The van der Waals surface area contributed by atoms with E-state index >= 15 is 0 Å². The van der Waals surface area contributed by atoms with Gasteiger partial charge in [0, 0.05) is 25.2 Å². The van der Waals surface area contributed by atoms with Crippen LogP contribution in [0.25, 0.3) is 0 Å². The fourth-order valence-electron chi connectivity index (χ4n) is 4.70. The number of amides is 1. The number of hydrogen-bond donors (Lipinski definition) is 1. The highest BCUT2D eigenvalue weighted by Gasteiger charge is 2.27. The van der Waals surface area contributed by atoms with Crippen LogP contribution >= 0.6 is 0 Å². The fourth-order valence-corrected chi connectivity index (χ4v) is 6.27. The molecule has 7 nitrogen and oxygen atoms in total. The van der Waals surface area contributed by atoms with Gasteiger partial charge < -0.3 is 10.1 Å². The predicted molar refractivity (Wildman–Crippen MR) is 128 cm³/mol. The number of nitrogens with one attached hydrogen (secondary N) is 1. The van der Waals surface area contributed by atoms with Gasteiger partial charge in [0.15, 0.2) is 0 Å². The molecular weight excluding hydrogens is 438 g/mol. The van der Waals surface area contributed by atoms with Gasteiger partial charge in [0.05, 0.1) is 18.0 Å². The first-order valence-corrected chi connectivity index (χ1v) is 13.2. The lowest BCUT2D eigenvalue weighted by molar-refractivity contribution is 0.0937. The standard InChI is InChI=1S/C25H33N3O4S/c1-32-22-11-7-9-20(17-22)24(27-13-5-6-14-27)19-26-25(29)21-10-8-12-23(18-21)33(30,31)28-15-3-2-4-16-28/h7-12,17-18,24H,2-6,13-16,19H2,1H3,(H,26,29). The van der Waals surface area contributed by atoms with Crippen LogP contribution in [0.5, 0.6) is 5.75 Å². The van der Waals surface area contributed by atoms with E-state index in [0.717, 1.165) is 56.5 Å². The van der Waals surface area contributed by atoms with Crippen LogP contribution in [-0.2, 0) is 10.0 Å². The molecule has 0 aliphatic carbocycles. The van der Waals surface area contributed by atoms with Crippen molar-refractivity contribution in [3.8, 4) is 5.75 Å². The monoisotopic (exact) mass is 471 g/mol. The van der Waals surface area contributed by atoms with Crippen molar-refractivity contribution >= 4 is 15.9 Å². The fraction of sp³-hybridized carbons (Fsp3) is 0.480. The normalized spacial score (nSPS) is 18.7. The Morgan fingerprint density at radius 2 is 1.67 bits per heavy atom. The summed E-state index contributed by atoms with van der Waals surface area (Å²) in [5.74, 6) is 0.524. The number of ether oxygens (including phenoxy) is 1. The Morgan fingerprint density at radius 3 is 2.39 bits per heavy atom. The van der Waals surface area contributed by atoms with Gasteiger partial charge in [-0.1, -0.05) is 24.6 Å². The summed E-state index contributed by atoms with van der Waals surface area (Å²) in [6.45, 7) is 3.49. The van der Waals surface area contributed by atoms with E-state index in [9.17, 15) is 13.2 Å². The van der Waals surface area contributed by atoms with E-state index in [1.807, 2.05) is 18.2 Å². The number of nitrogens with zero attached hydrogens (tertiary/aromatic N) is 2. The third-order valence-corrected chi connectivity index (χ3v) is 8.46. The summed E-state index contributed by atoms with van der Waals surface area (Å²) in [5, 5.41) is 3.04. The Morgan fingerprint density at radius 1 is 0.970 bits per heavy atom. The largest absolute Gasteiger partial charge is 0.497 e. The summed E-state index contributed by atoms with van der Waals surface area (Å²) in [4.78, 5) is 15.6. The van der Waals surface area contributed by atoms with E-state index in [4.69, 9.17) is 4.74 Å². The zero-order chi connectivity index (χ0) is 23.3. The van der Waals surface area contributed by atoms with E-state index in [-0.39, 0.29) is 16.8 Å². The molecule has 0 saturated carbocycles. The van der Waals surface area contributed by atoms with Gasteiger partial charge in [0.2, 0.25) is 10.0 Å². The van der Waals surface area contributed by atoms with Gasteiger partial charge in [-0.15, -0.1) is 0 Å². The van der Waals surface area contributed by atoms with Crippen LogP contribution in [0.2, 0.25) is 0 Å². The third-order valence-electron chi connectivity index (χ3n) is 6.56. The van der Waals surface area contributed by atoms with Crippen LogP contribution in [0.3, 0.4) is 0 Å². The first-order valence-electron chi connectivity index (χ1n) is 11.8. The number of rotatable bonds is 8. The lowest BCUT2D eigenvalue weighted by atomic mass is 10.0. The Kier molecular flexibility index (Phi) is 7.67. The van der Waals surface area contributed by atoms with Crippen molar-refractivity contribution in [2.45, 2.75) is 43.0 Å². The Bertz CT molecular complexity index is 1060. The summed E-state index contributed by atoms with van der Waals surface area (Å²) in [6, 6.07) is 14.4.